The van der Waals surface area contributed by atoms with Crippen LogP contribution in [0, 0.1) is 0 Å². The fraction of sp³-hybridized carbons (Fsp3) is 0.0625. The fourth-order valence-corrected chi connectivity index (χ4v) is 7.63. The molecule has 9 aromatic rings. The van der Waals surface area contributed by atoms with Gasteiger partial charge in [0.05, 0.1) is 50.1 Å². The number of para-hydroxylation sites is 4. The number of benzene rings is 6. The van der Waals surface area contributed by atoms with E-state index in [0.717, 1.165) is 36.4 Å². The molecule has 0 aliphatic carbocycles. The summed E-state index contributed by atoms with van der Waals surface area (Å²) in [6, 6.07) is 33.0. The summed E-state index contributed by atoms with van der Waals surface area (Å²) in [5, 5.41) is 0. The van der Waals surface area contributed by atoms with Gasteiger partial charge in [0.2, 0.25) is 0 Å². The Labute approximate surface area is 352 Å². The van der Waals surface area contributed by atoms with Gasteiger partial charge in [0.25, 0.3) is 0 Å². The van der Waals surface area contributed by atoms with Crippen LogP contribution in [0.15, 0.2) is 153 Å². The molecule has 0 amide bonds. The summed E-state index contributed by atoms with van der Waals surface area (Å²) in [6.07, 6.45) is -10.8. The van der Waals surface area contributed by atoms with Crippen molar-refractivity contribution in [2.24, 2.45) is 0 Å². The van der Waals surface area contributed by atoms with Crippen LogP contribution in [-0.4, -0.2) is 28.7 Å². The van der Waals surface area contributed by atoms with E-state index in [1.807, 2.05) is 0 Å². The van der Waals surface area contributed by atoms with Crippen molar-refractivity contribution in [3.8, 4) is 51.2 Å². The van der Waals surface area contributed by atoms with Crippen molar-refractivity contribution in [1.82, 2.24) is 28.7 Å². The van der Waals surface area contributed by atoms with Crippen LogP contribution in [0.25, 0.3) is 85.4 Å². The number of imidazole rings is 3. The first-order chi connectivity index (χ1) is 30.0. The Morgan fingerprint density at radius 2 is 0.730 bits per heavy atom. The Morgan fingerprint density at radius 3 is 1.06 bits per heavy atom. The highest BCUT2D eigenvalue weighted by Gasteiger charge is 2.33. The van der Waals surface area contributed by atoms with Gasteiger partial charge in [-0.05, 0) is 127 Å². The molecule has 63 heavy (non-hydrogen) atoms. The summed E-state index contributed by atoms with van der Waals surface area (Å²) in [6.45, 7) is 7.84. The predicted molar refractivity (Wildman–Crippen MR) is 224 cm³/mol. The third-order valence-corrected chi connectivity index (χ3v) is 10.5. The van der Waals surface area contributed by atoms with Crippen molar-refractivity contribution >= 4 is 34.2 Å². The molecule has 0 atom stereocenters. The number of hydrogen-bond acceptors (Lipinski definition) is 3. The van der Waals surface area contributed by atoms with Crippen molar-refractivity contribution in [2.45, 2.75) is 18.5 Å². The molecular formula is C48H29F9N6. The van der Waals surface area contributed by atoms with Crippen molar-refractivity contribution in [3.05, 3.63) is 181 Å². The van der Waals surface area contributed by atoms with E-state index in [1.165, 1.54) is 48.6 Å². The van der Waals surface area contributed by atoms with E-state index < -0.39 is 35.2 Å². The molecule has 3 aromatic heterocycles. The molecular weight excluding hydrogens is 832 g/mol. The molecule has 314 valence electrons. The molecule has 0 bridgehead atoms. The van der Waals surface area contributed by atoms with Gasteiger partial charge in [-0.1, -0.05) is 37.4 Å². The fourth-order valence-electron chi connectivity index (χ4n) is 7.63. The number of halogens is 9. The first kappa shape index (κ1) is 40.7. The number of fused-ring (bicyclic) bond motifs is 2. The average Bonchev–Trinajstić information content (AvgIpc) is 3.97. The summed E-state index contributed by atoms with van der Waals surface area (Å²) in [5.41, 5.74) is 2.52. The van der Waals surface area contributed by atoms with Gasteiger partial charge in [0.15, 0.2) is 0 Å². The zero-order valence-corrected chi connectivity index (χ0v) is 32.4. The second kappa shape index (κ2) is 15.0. The van der Waals surface area contributed by atoms with E-state index in [9.17, 15) is 39.5 Å². The van der Waals surface area contributed by atoms with Crippen LogP contribution in [0.1, 0.15) is 28.1 Å². The molecule has 9 rings (SSSR count). The van der Waals surface area contributed by atoms with E-state index >= 15 is 0 Å². The van der Waals surface area contributed by atoms with Crippen LogP contribution in [0.4, 0.5) is 39.5 Å². The first-order valence-electron chi connectivity index (χ1n) is 19.0. The minimum atomic E-state index is -4.61. The minimum absolute atomic E-state index is 0.233. The van der Waals surface area contributed by atoms with Crippen LogP contribution in [0.5, 0.6) is 0 Å². The molecule has 0 fully saturated rings. The van der Waals surface area contributed by atoms with Crippen LogP contribution in [0.3, 0.4) is 0 Å². The maximum absolute atomic E-state index is 13.7. The van der Waals surface area contributed by atoms with Crippen LogP contribution < -0.4 is 0 Å². The summed E-state index contributed by atoms with van der Waals surface area (Å²) in [7, 11) is 0. The molecule has 0 N–H and O–H groups in total. The highest BCUT2D eigenvalue weighted by Crippen LogP contribution is 2.40. The molecule has 6 nitrogen and oxygen atoms in total. The third kappa shape index (κ3) is 7.34. The lowest BCUT2D eigenvalue weighted by Gasteiger charge is -2.16. The van der Waals surface area contributed by atoms with Crippen LogP contribution in [0.2, 0.25) is 0 Å². The number of alkyl halides is 9. The van der Waals surface area contributed by atoms with E-state index in [2.05, 4.69) is 13.2 Å². The van der Waals surface area contributed by atoms with Gasteiger partial charge in [-0.3, -0.25) is 13.7 Å². The Balaban J connectivity index is 1.35. The Kier molecular flexibility index (Phi) is 9.72. The van der Waals surface area contributed by atoms with Gasteiger partial charge in [-0.15, -0.1) is 0 Å². The SMILES string of the molecule is C=Cc1nc(-c2cc(-c3nc4ccccc4n3-c3ccc(C(F)(F)F)cc3)cc(-c3nc4ccccc4n3-c3ccc(C(F)(F)F)cc3)c2)n(-c2ccc(C(F)(F)F)cc2)c1C=C. The molecule has 0 saturated heterocycles. The molecule has 15 heteroatoms. The van der Waals surface area contributed by atoms with Gasteiger partial charge in [-0.25, -0.2) is 15.0 Å². The number of rotatable bonds is 8. The van der Waals surface area contributed by atoms with Crippen LogP contribution >= 0.6 is 0 Å². The van der Waals surface area contributed by atoms with Gasteiger partial charge < -0.3 is 0 Å². The number of hydrogen-bond donors (Lipinski definition) is 0. The zero-order chi connectivity index (χ0) is 44.4. The monoisotopic (exact) mass is 860 g/mol. The maximum atomic E-state index is 13.7. The topological polar surface area (TPSA) is 53.5 Å². The van der Waals surface area contributed by atoms with Gasteiger partial charge >= 0.3 is 18.5 Å². The summed E-state index contributed by atoms with van der Waals surface area (Å²) in [4.78, 5) is 14.8. The summed E-state index contributed by atoms with van der Waals surface area (Å²) in [5.74, 6) is 0.811. The largest absolute Gasteiger partial charge is 0.416 e. The van der Waals surface area contributed by atoms with Crippen LogP contribution in [-0.2, 0) is 18.5 Å². The molecule has 3 heterocycles. The second-order valence-corrected chi connectivity index (χ2v) is 14.4. The van der Waals surface area contributed by atoms with E-state index in [4.69, 9.17) is 15.0 Å². The highest BCUT2D eigenvalue weighted by molar-refractivity contribution is 5.88. The second-order valence-electron chi connectivity index (χ2n) is 14.4. The van der Waals surface area contributed by atoms with E-state index in [0.29, 0.717) is 67.2 Å². The molecule has 0 aliphatic heterocycles. The molecule has 0 unspecified atom stereocenters. The number of nitrogens with zero attached hydrogens (tertiary/aromatic N) is 6. The summed E-state index contributed by atoms with van der Waals surface area (Å²) >= 11 is 0. The van der Waals surface area contributed by atoms with Crippen molar-refractivity contribution < 1.29 is 39.5 Å². The van der Waals surface area contributed by atoms with Gasteiger partial charge in [0, 0.05) is 33.8 Å². The third-order valence-electron chi connectivity index (χ3n) is 10.5. The minimum Gasteiger partial charge on any atom is -0.292 e. The maximum Gasteiger partial charge on any atom is 0.416 e. The number of aromatic nitrogens is 6. The summed E-state index contributed by atoms with van der Waals surface area (Å²) < 4.78 is 129. The molecule has 0 aliphatic rings. The smallest absolute Gasteiger partial charge is 0.292 e. The van der Waals surface area contributed by atoms with Gasteiger partial charge in [0.1, 0.15) is 17.5 Å². The van der Waals surface area contributed by atoms with Crippen molar-refractivity contribution in [2.75, 3.05) is 0 Å². The lowest BCUT2D eigenvalue weighted by Crippen LogP contribution is -2.06. The average molecular weight is 861 g/mol. The van der Waals surface area contributed by atoms with Crippen molar-refractivity contribution in [1.29, 1.82) is 0 Å². The van der Waals surface area contributed by atoms with E-state index in [-0.39, 0.29) is 17.5 Å². The molecule has 0 spiro atoms. The molecule has 6 aromatic carbocycles. The standard InChI is InChI=1S/C48H29F9N6/c1-3-37-40(4-2)61(34-19-13-31(14-20-34)46(49,50)51)43(58-37)28-25-29(44-59-38-9-5-7-11-41(38)62(44)35-21-15-32(16-22-35)47(52,53)54)27-30(26-28)45-60-39-10-6-8-12-42(39)63(45)36-23-17-33(18-24-36)48(55,56)57/h3-27H,1-2H2. The normalized spacial score (nSPS) is 12.3. The Morgan fingerprint density at radius 1 is 0.397 bits per heavy atom. The van der Waals surface area contributed by atoms with Crippen molar-refractivity contribution in [3.63, 3.8) is 0 Å². The van der Waals surface area contributed by atoms with E-state index in [1.54, 1.807) is 80.4 Å². The Bertz CT molecular complexity index is 3050. The zero-order valence-electron chi connectivity index (χ0n) is 32.4. The molecule has 0 saturated carbocycles. The first-order valence-corrected chi connectivity index (χ1v) is 19.0. The van der Waals surface area contributed by atoms with Gasteiger partial charge in [-0.2, -0.15) is 39.5 Å². The quantitative estimate of drug-likeness (QED) is 0.143. The highest BCUT2D eigenvalue weighted by atomic mass is 19.4. The lowest BCUT2D eigenvalue weighted by molar-refractivity contribution is -0.138. The Hall–Kier alpha value is -7.68. The lowest BCUT2D eigenvalue weighted by atomic mass is 10.0. The molecule has 0 radical (unpaired) electrons. The predicted octanol–water partition coefficient (Wildman–Crippen LogP) is 13.9.